The van der Waals surface area contributed by atoms with Crippen molar-refractivity contribution in [1.29, 1.82) is 0 Å². The fourth-order valence-corrected chi connectivity index (χ4v) is 4.68. The summed E-state index contributed by atoms with van der Waals surface area (Å²) in [5.74, 6) is -0.613. The fraction of sp³-hybridized carbons (Fsp3) is 0.784. The molecule has 1 atom stereocenters. The largest absolute Gasteiger partial charge is 0.462 e. The zero-order chi connectivity index (χ0) is 30.8. The number of aliphatic hydroxyl groups is 1. The molecule has 0 unspecified atom stereocenters. The second kappa shape index (κ2) is 33.6. The fourth-order valence-electron chi connectivity index (χ4n) is 4.68. The van der Waals surface area contributed by atoms with Gasteiger partial charge in [-0.3, -0.25) is 9.59 Å². The summed E-state index contributed by atoms with van der Waals surface area (Å²) < 4.78 is 10.5. The van der Waals surface area contributed by atoms with Crippen LogP contribution in [0.3, 0.4) is 0 Å². The SMILES string of the molecule is CCCC/C=C/CCCCCCCC(=O)O[C@@H](CO)COC(=O)CCCCCCCCC/C=C/C/C=C/CCCCC. The van der Waals surface area contributed by atoms with Gasteiger partial charge in [-0.05, 0) is 64.2 Å². The number of ether oxygens (including phenoxy) is 2. The Labute approximate surface area is 259 Å². The summed E-state index contributed by atoms with van der Waals surface area (Å²) in [6.07, 6.45) is 39.1. The molecule has 0 saturated heterocycles. The minimum Gasteiger partial charge on any atom is -0.462 e. The summed E-state index contributed by atoms with van der Waals surface area (Å²) in [5, 5.41) is 9.50. The molecular formula is C37H66O5. The van der Waals surface area contributed by atoms with Crippen molar-refractivity contribution in [3.8, 4) is 0 Å². The van der Waals surface area contributed by atoms with Gasteiger partial charge >= 0.3 is 11.9 Å². The molecule has 0 aromatic carbocycles. The van der Waals surface area contributed by atoms with Crippen molar-refractivity contribution in [3.63, 3.8) is 0 Å². The topological polar surface area (TPSA) is 72.8 Å². The van der Waals surface area contributed by atoms with Crippen molar-refractivity contribution in [1.82, 2.24) is 0 Å². The van der Waals surface area contributed by atoms with Crippen molar-refractivity contribution in [2.45, 2.75) is 174 Å². The van der Waals surface area contributed by atoms with Gasteiger partial charge in [-0.2, -0.15) is 0 Å². The average Bonchev–Trinajstić information content (AvgIpc) is 2.99. The Morgan fingerprint density at radius 3 is 1.50 bits per heavy atom. The summed E-state index contributed by atoms with van der Waals surface area (Å²) >= 11 is 0. The van der Waals surface area contributed by atoms with Crippen LogP contribution in [0.2, 0.25) is 0 Å². The van der Waals surface area contributed by atoms with Gasteiger partial charge < -0.3 is 14.6 Å². The Balaban J connectivity index is 3.59. The lowest BCUT2D eigenvalue weighted by atomic mass is 10.1. The Hall–Kier alpha value is -1.88. The third-order valence-electron chi connectivity index (χ3n) is 7.41. The molecule has 5 nitrogen and oxygen atoms in total. The monoisotopic (exact) mass is 590 g/mol. The number of carbonyl (C=O) groups is 2. The number of rotatable bonds is 31. The normalized spacial score (nSPS) is 12.5. The van der Waals surface area contributed by atoms with E-state index in [0.29, 0.717) is 12.8 Å². The summed E-state index contributed by atoms with van der Waals surface area (Å²) in [6.45, 7) is 4.04. The molecule has 0 fully saturated rings. The third kappa shape index (κ3) is 31.1. The zero-order valence-electron chi connectivity index (χ0n) is 27.5. The lowest BCUT2D eigenvalue weighted by Gasteiger charge is -2.15. The molecule has 0 rings (SSSR count). The molecule has 5 heteroatoms. The van der Waals surface area contributed by atoms with Crippen LogP contribution in [0.25, 0.3) is 0 Å². The second-order valence-electron chi connectivity index (χ2n) is 11.6. The number of hydrogen-bond donors (Lipinski definition) is 1. The second-order valence-corrected chi connectivity index (χ2v) is 11.6. The lowest BCUT2D eigenvalue weighted by molar-refractivity contribution is -0.161. The predicted molar refractivity (Wildman–Crippen MR) is 178 cm³/mol. The van der Waals surface area contributed by atoms with Gasteiger partial charge in [-0.15, -0.1) is 0 Å². The highest BCUT2D eigenvalue weighted by Gasteiger charge is 2.16. The van der Waals surface area contributed by atoms with Gasteiger partial charge in [0.1, 0.15) is 6.61 Å². The van der Waals surface area contributed by atoms with Crippen molar-refractivity contribution in [2.75, 3.05) is 13.2 Å². The number of esters is 2. The van der Waals surface area contributed by atoms with E-state index in [2.05, 4.69) is 50.3 Å². The Kier molecular flexibility index (Phi) is 32.1. The molecular weight excluding hydrogens is 524 g/mol. The first-order chi connectivity index (χ1) is 20.6. The van der Waals surface area contributed by atoms with Gasteiger partial charge in [0.25, 0.3) is 0 Å². The zero-order valence-corrected chi connectivity index (χ0v) is 27.5. The van der Waals surface area contributed by atoms with E-state index < -0.39 is 6.10 Å². The summed E-state index contributed by atoms with van der Waals surface area (Å²) in [4.78, 5) is 24.1. The maximum absolute atomic E-state index is 12.1. The lowest BCUT2D eigenvalue weighted by Crippen LogP contribution is -2.28. The Bertz CT molecular complexity index is 682. The molecule has 244 valence electrons. The molecule has 0 radical (unpaired) electrons. The van der Waals surface area contributed by atoms with Gasteiger partial charge in [0.05, 0.1) is 6.61 Å². The minimum atomic E-state index is -0.775. The van der Waals surface area contributed by atoms with Crippen LogP contribution in [-0.4, -0.2) is 36.4 Å². The number of allylic oxidation sites excluding steroid dienone is 6. The van der Waals surface area contributed by atoms with Crippen LogP contribution in [0.15, 0.2) is 36.5 Å². The summed E-state index contributed by atoms with van der Waals surface area (Å²) in [5.41, 5.74) is 0. The molecule has 0 saturated carbocycles. The van der Waals surface area contributed by atoms with E-state index in [4.69, 9.17) is 9.47 Å². The van der Waals surface area contributed by atoms with E-state index in [0.717, 1.165) is 57.8 Å². The minimum absolute atomic E-state index is 0.0729. The highest BCUT2D eigenvalue weighted by atomic mass is 16.6. The predicted octanol–water partition coefficient (Wildman–Crippen LogP) is 10.5. The molecule has 0 aliphatic rings. The number of hydrogen-bond acceptors (Lipinski definition) is 5. The quantitative estimate of drug-likeness (QED) is 0.0494. The van der Waals surface area contributed by atoms with Gasteiger partial charge in [-0.25, -0.2) is 0 Å². The van der Waals surface area contributed by atoms with Crippen molar-refractivity contribution >= 4 is 11.9 Å². The standard InChI is InChI=1S/C37H66O5/c1-3-5-7-9-11-13-15-16-17-18-19-20-22-23-25-27-29-31-36(39)41-34-35(33-38)42-37(40)32-30-28-26-24-21-14-12-10-8-6-4-2/h10-13,16-17,35,38H,3-9,14-15,18-34H2,1-2H3/b12-10+,13-11+,17-16+/t35-/m0/s1. The summed E-state index contributed by atoms with van der Waals surface area (Å²) in [7, 11) is 0. The maximum atomic E-state index is 12.1. The van der Waals surface area contributed by atoms with E-state index in [9.17, 15) is 14.7 Å². The van der Waals surface area contributed by atoms with Gasteiger partial charge in [0, 0.05) is 12.8 Å². The first kappa shape index (κ1) is 40.1. The van der Waals surface area contributed by atoms with Crippen LogP contribution in [0.5, 0.6) is 0 Å². The molecule has 0 amide bonds. The molecule has 0 aromatic rings. The van der Waals surface area contributed by atoms with Crippen molar-refractivity contribution in [2.24, 2.45) is 0 Å². The van der Waals surface area contributed by atoms with Gasteiger partial charge in [0.2, 0.25) is 0 Å². The van der Waals surface area contributed by atoms with E-state index in [1.165, 1.54) is 83.5 Å². The highest BCUT2D eigenvalue weighted by molar-refractivity contribution is 5.70. The highest BCUT2D eigenvalue weighted by Crippen LogP contribution is 2.12. The van der Waals surface area contributed by atoms with E-state index in [-0.39, 0.29) is 25.2 Å². The molecule has 0 spiro atoms. The van der Waals surface area contributed by atoms with E-state index in [1.807, 2.05) is 0 Å². The van der Waals surface area contributed by atoms with Gasteiger partial charge in [-0.1, -0.05) is 127 Å². The molecule has 0 bridgehead atoms. The molecule has 42 heavy (non-hydrogen) atoms. The number of aliphatic hydroxyl groups excluding tert-OH is 1. The average molecular weight is 591 g/mol. The van der Waals surface area contributed by atoms with Crippen LogP contribution >= 0.6 is 0 Å². The first-order valence-corrected chi connectivity index (χ1v) is 17.5. The van der Waals surface area contributed by atoms with Crippen LogP contribution in [0.4, 0.5) is 0 Å². The molecule has 1 N–H and O–H groups in total. The Morgan fingerprint density at radius 2 is 0.976 bits per heavy atom. The van der Waals surface area contributed by atoms with Crippen molar-refractivity contribution < 1.29 is 24.2 Å². The number of unbranched alkanes of at least 4 members (excludes halogenated alkanes) is 17. The van der Waals surface area contributed by atoms with Crippen LogP contribution < -0.4 is 0 Å². The number of carbonyl (C=O) groups excluding carboxylic acids is 2. The molecule has 0 aliphatic heterocycles. The van der Waals surface area contributed by atoms with Crippen molar-refractivity contribution in [3.05, 3.63) is 36.5 Å². The Morgan fingerprint density at radius 1 is 0.548 bits per heavy atom. The van der Waals surface area contributed by atoms with E-state index >= 15 is 0 Å². The summed E-state index contributed by atoms with van der Waals surface area (Å²) in [6, 6.07) is 0. The maximum Gasteiger partial charge on any atom is 0.306 e. The molecule has 0 aromatic heterocycles. The molecule has 0 aliphatic carbocycles. The third-order valence-corrected chi connectivity index (χ3v) is 7.41. The van der Waals surface area contributed by atoms with E-state index in [1.54, 1.807) is 0 Å². The first-order valence-electron chi connectivity index (χ1n) is 17.5. The molecule has 0 heterocycles. The van der Waals surface area contributed by atoms with Crippen LogP contribution in [0.1, 0.15) is 168 Å². The van der Waals surface area contributed by atoms with Gasteiger partial charge in [0.15, 0.2) is 6.10 Å². The smallest absolute Gasteiger partial charge is 0.306 e. The van der Waals surface area contributed by atoms with Crippen LogP contribution in [0, 0.1) is 0 Å². The van der Waals surface area contributed by atoms with Crippen LogP contribution in [-0.2, 0) is 19.1 Å².